The Hall–Kier alpha value is -2.80. The lowest BCUT2D eigenvalue weighted by atomic mass is 10.0. The van der Waals surface area contributed by atoms with E-state index in [0.717, 1.165) is 24.5 Å². The van der Waals surface area contributed by atoms with E-state index in [-0.39, 0.29) is 22.5 Å². The number of likely N-dealkylation sites (tertiary alicyclic amines) is 1. The average Bonchev–Trinajstić information content (AvgIpc) is 3.21. The first-order valence-corrected chi connectivity index (χ1v) is 9.72. The van der Waals surface area contributed by atoms with Crippen LogP contribution in [0.1, 0.15) is 34.8 Å². The maximum Gasteiger partial charge on any atom is 0.343 e. The fraction of sp³-hybridized carbons (Fsp3) is 0.333. The molecule has 29 heavy (non-hydrogen) atoms. The van der Waals surface area contributed by atoms with Gasteiger partial charge in [0.05, 0.1) is 11.1 Å². The summed E-state index contributed by atoms with van der Waals surface area (Å²) in [6.07, 6.45) is 1.62. The van der Waals surface area contributed by atoms with Crippen molar-refractivity contribution in [1.82, 2.24) is 4.90 Å². The summed E-state index contributed by atoms with van der Waals surface area (Å²) in [7, 11) is 0. The van der Waals surface area contributed by atoms with E-state index in [4.69, 9.17) is 25.8 Å². The van der Waals surface area contributed by atoms with Gasteiger partial charge in [0.1, 0.15) is 24.6 Å². The lowest BCUT2D eigenvalue weighted by molar-refractivity contribution is -0.135. The third kappa shape index (κ3) is 4.00. The van der Waals surface area contributed by atoms with Crippen LogP contribution in [0, 0.1) is 5.82 Å². The van der Waals surface area contributed by atoms with Gasteiger partial charge in [-0.3, -0.25) is 4.79 Å². The number of amides is 1. The van der Waals surface area contributed by atoms with Gasteiger partial charge in [0.2, 0.25) is 0 Å². The largest absolute Gasteiger partial charge is 0.486 e. The predicted molar refractivity (Wildman–Crippen MR) is 103 cm³/mol. The van der Waals surface area contributed by atoms with Crippen molar-refractivity contribution >= 4 is 23.5 Å². The molecular weight excluding hydrogens is 401 g/mol. The lowest BCUT2D eigenvalue weighted by Gasteiger charge is -2.26. The molecule has 1 saturated heterocycles. The fourth-order valence-electron chi connectivity index (χ4n) is 3.65. The van der Waals surface area contributed by atoms with Crippen molar-refractivity contribution in [3.05, 3.63) is 58.4 Å². The maximum atomic E-state index is 13.8. The van der Waals surface area contributed by atoms with E-state index in [1.54, 1.807) is 4.90 Å². The van der Waals surface area contributed by atoms with Crippen LogP contribution in [0.3, 0.4) is 0 Å². The Morgan fingerprint density at radius 3 is 2.76 bits per heavy atom. The molecule has 6 nitrogen and oxygen atoms in total. The Balaban J connectivity index is 1.44. The predicted octanol–water partition coefficient (Wildman–Crippen LogP) is 3.77. The highest BCUT2D eigenvalue weighted by atomic mass is 35.5. The third-order valence-electron chi connectivity index (χ3n) is 5.02. The Kier molecular flexibility index (Phi) is 5.58. The molecule has 0 radical (unpaired) electrons. The van der Waals surface area contributed by atoms with E-state index < -0.39 is 18.4 Å². The van der Waals surface area contributed by atoms with Crippen molar-refractivity contribution in [3.8, 4) is 11.5 Å². The first-order valence-electron chi connectivity index (χ1n) is 9.35. The van der Waals surface area contributed by atoms with Crippen molar-refractivity contribution in [3.63, 3.8) is 0 Å². The van der Waals surface area contributed by atoms with Crippen LogP contribution in [-0.4, -0.2) is 43.1 Å². The molecule has 0 bridgehead atoms. The number of fused-ring (bicyclic) bond motifs is 1. The highest BCUT2D eigenvalue weighted by Gasteiger charge is 2.31. The number of carbonyl (C=O) groups excluding carboxylic acids is 2. The molecule has 1 atom stereocenters. The van der Waals surface area contributed by atoms with Crippen LogP contribution in [0.15, 0.2) is 36.4 Å². The summed E-state index contributed by atoms with van der Waals surface area (Å²) in [5, 5.41) is -0.0576. The summed E-state index contributed by atoms with van der Waals surface area (Å²) >= 11 is 5.87. The number of ether oxygens (including phenoxy) is 3. The van der Waals surface area contributed by atoms with Crippen LogP contribution < -0.4 is 9.47 Å². The summed E-state index contributed by atoms with van der Waals surface area (Å²) in [5.41, 5.74) is 0.565. The first-order chi connectivity index (χ1) is 14.0. The van der Waals surface area contributed by atoms with Crippen LogP contribution >= 0.6 is 11.6 Å². The van der Waals surface area contributed by atoms with E-state index in [1.165, 1.54) is 12.1 Å². The second-order valence-corrected chi connectivity index (χ2v) is 7.23. The van der Waals surface area contributed by atoms with Gasteiger partial charge >= 0.3 is 5.97 Å². The number of hydrogen-bond acceptors (Lipinski definition) is 5. The van der Waals surface area contributed by atoms with E-state index >= 15 is 0 Å². The second-order valence-electron chi connectivity index (χ2n) is 6.82. The minimum absolute atomic E-state index is 0.0576. The molecular formula is C21H19ClFNO5. The van der Waals surface area contributed by atoms with Crippen molar-refractivity contribution in [2.75, 3.05) is 26.4 Å². The zero-order chi connectivity index (χ0) is 20.4. The second kappa shape index (κ2) is 8.29. The monoisotopic (exact) mass is 419 g/mol. The van der Waals surface area contributed by atoms with Gasteiger partial charge in [-0.05, 0) is 42.7 Å². The quantitative estimate of drug-likeness (QED) is 0.706. The summed E-state index contributed by atoms with van der Waals surface area (Å²) in [6, 6.07) is 9.39. The summed E-state index contributed by atoms with van der Waals surface area (Å²) < 4.78 is 30.0. The fourth-order valence-corrected chi connectivity index (χ4v) is 3.89. The lowest BCUT2D eigenvalue weighted by Crippen LogP contribution is -2.34. The molecule has 2 aromatic rings. The molecule has 152 valence electrons. The molecule has 1 fully saturated rings. The molecule has 0 saturated carbocycles. The van der Waals surface area contributed by atoms with Crippen LogP contribution in [0.2, 0.25) is 5.02 Å². The smallest absolute Gasteiger partial charge is 0.343 e. The van der Waals surface area contributed by atoms with Crippen molar-refractivity contribution in [2.45, 2.75) is 18.9 Å². The first kappa shape index (κ1) is 19.5. The number of benzene rings is 2. The molecule has 0 aliphatic carbocycles. The molecule has 0 N–H and O–H groups in total. The number of rotatable bonds is 4. The van der Waals surface area contributed by atoms with E-state index in [9.17, 15) is 14.0 Å². The summed E-state index contributed by atoms with van der Waals surface area (Å²) in [6.45, 7) is 1.07. The molecule has 2 aromatic carbocycles. The number of hydrogen-bond donors (Lipinski definition) is 0. The molecule has 4 rings (SSSR count). The van der Waals surface area contributed by atoms with E-state index in [2.05, 4.69) is 0 Å². The maximum absolute atomic E-state index is 13.8. The van der Waals surface area contributed by atoms with Crippen LogP contribution in [0.25, 0.3) is 0 Å². The van der Waals surface area contributed by atoms with Crippen LogP contribution in [0.5, 0.6) is 11.5 Å². The van der Waals surface area contributed by atoms with E-state index in [0.29, 0.717) is 31.3 Å². The third-order valence-corrected chi connectivity index (χ3v) is 5.33. The number of nitrogens with zero attached hydrogens (tertiary/aromatic N) is 1. The average molecular weight is 420 g/mol. The van der Waals surface area contributed by atoms with Gasteiger partial charge in [0, 0.05) is 6.54 Å². The van der Waals surface area contributed by atoms with Crippen molar-refractivity contribution < 1.29 is 28.2 Å². The Labute approximate surface area is 172 Å². The minimum atomic E-state index is -0.962. The van der Waals surface area contributed by atoms with Gasteiger partial charge in [0.15, 0.2) is 18.1 Å². The Morgan fingerprint density at radius 2 is 1.97 bits per heavy atom. The Bertz CT molecular complexity index is 930. The van der Waals surface area contributed by atoms with Gasteiger partial charge in [-0.2, -0.15) is 0 Å². The molecule has 2 aliphatic heterocycles. The van der Waals surface area contributed by atoms with Gasteiger partial charge in [-0.25, -0.2) is 9.18 Å². The van der Waals surface area contributed by atoms with Crippen LogP contribution in [0.4, 0.5) is 4.39 Å². The summed E-state index contributed by atoms with van der Waals surface area (Å²) in [5.74, 6) is -0.745. The molecule has 2 aliphatic rings. The highest BCUT2D eigenvalue weighted by molar-refractivity contribution is 6.33. The van der Waals surface area contributed by atoms with Gasteiger partial charge < -0.3 is 19.1 Å². The van der Waals surface area contributed by atoms with E-state index in [1.807, 2.05) is 18.2 Å². The Morgan fingerprint density at radius 1 is 1.17 bits per heavy atom. The molecule has 1 amide bonds. The van der Waals surface area contributed by atoms with Gasteiger partial charge in [0.25, 0.3) is 5.91 Å². The molecule has 8 heteroatoms. The van der Waals surface area contributed by atoms with Crippen molar-refractivity contribution in [1.29, 1.82) is 0 Å². The van der Waals surface area contributed by atoms with Crippen LogP contribution in [-0.2, 0) is 9.53 Å². The molecule has 0 aromatic heterocycles. The molecule has 0 spiro atoms. The van der Waals surface area contributed by atoms with Crippen molar-refractivity contribution in [2.24, 2.45) is 0 Å². The van der Waals surface area contributed by atoms with Gasteiger partial charge in [-0.15, -0.1) is 0 Å². The number of halogens is 2. The molecule has 1 unspecified atom stereocenters. The number of carbonyl (C=O) groups is 2. The number of esters is 1. The highest BCUT2D eigenvalue weighted by Crippen LogP contribution is 2.38. The standard InChI is InChI=1S/C21H19ClFNO5/c22-14-3-1-4-15(23)20(14)21(26)29-12-19(25)24-8-2-5-16(24)13-6-7-17-18(11-13)28-10-9-27-17/h1,3-4,6-7,11,16H,2,5,8-10,12H2. The zero-order valence-electron chi connectivity index (χ0n) is 15.5. The zero-order valence-corrected chi connectivity index (χ0v) is 16.3. The molecule has 2 heterocycles. The minimum Gasteiger partial charge on any atom is -0.486 e. The normalized spacial score (nSPS) is 17.9. The topological polar surface area (TPSA) is 65.1 Å². The van der Waals surface area contributed by atoms with Gasteiger partial charge in [-0.1, -0.05) is 23.7 Å². The summed E-state index contributed by atoms with van der Waals surface area (Å²) in [4.78, 5) is 26.5. The SMILES string of the molecule is O=C(OCC(=O)N1CCCC1c1ccc2c(c1)OCCO2)c1c(F)cccc1Cl.